The quantitative estimate of drug-likeness (QED) is 0.642. The summed E-state index contributed by atoms with van der Waals surface area (Å²) in [7, 11) is 0. The van der Waals surface area contributed by atoms with Crippen molar-refractivity contribution in [3.05, 3.63) is 53.6 Å². The minimum Gasteiger partial charge on any atom is -0.504 e. The summed E-state index contributed by atoms with van der Waals surface area (Å²) in [6, 6.07) is 8.42. The van der Waals surface area contributed by atoms with Gasteiger partial charge in [-0.1, -0.05) is 6.07 Å². The van der Waals surface area contributed by atoms with E-state index in [-0.39, 0.29) is 18.2 Å². The van der Waals surface area contributed by atoms with Crippen LogP contribution in [0.2, 0.25) is 0 Å². The van der Waals surface area contributed by atoms with Gasteiger partial charge in [-0.2, -0.15) is 0 Å². The van der Waals surface area contributed by atoms with Crippen LogP contribution in [-0.2, 0) is 11.3 Å². The van der Waals surface area contributed by atoms with Crippen molar-refractivity contribution in [1.29, 1.82) is 0 Å². The van der Waals surface area contributed by atoms with Crippen LogP contribution in [0, 0.1) is 0 Å². The average Bonchev–Trinajstić information content (AvgIpc) is 3.15. The van der Waals surface area contributed by atoms with Gasteiger partial charge in [0.05, 0.1) is 19.4 Å². The van der Waals surface area contributed by atoms with Gasteiger partial charge in [0, 0.05) is 0 Å². The van der Waals surface area contributed by atoms with Gasteiger partial charge >= 0.3 is 0 Å². The van der Waals surface area contributed by atoms with Gasteiger partial charge in [0.25, 0.3) is 5.91 Å². The number of phenols is 1. The molecule has 1 aromatic heterocycles. The molecule has 0 saturated carbocycles. The van der Waals surface area contributed by atoms with Crippen molar-refractivity contribution in [1.82, 2.24) is 10.2 Å². The number of benzene rings is 1. The summed E-state index contributed by atoms with van der Waals surface area (Å²) in [6.07, 6.45) is 3.22. The minimum atomic E-state index is -0.234. The van der Waals surface area contributed by atoms with Gasteiger partial charge in [-0.15, -0.1) is 0 Å². The first-order chi connectivity index (χ1) is 11.6. The van der Waals surface area contributed by atoms with Gasteiger partial charge < -0.3 is 19.6 Å². The molecule has 0 radical (unpaired) electrons. The Morgan fingerprint density at radius 3 is 2.96 bits per heavy atom. The average molecular weight is 344 g/mol. The largest absolute Gasteiger partial charge is 0.504 e. The van der Waals surface area contributed by atoms with E-state index in [4.69, 9.17) is 21.4 Å². The Labute approximate surface area is 144 Å². The molecule has 0 spiro atoms. The molecule has 2 N–H and O–H groups in total. The van der Waals surface area contributed by atoms with Crippen LogP contribution in [0.4, 0.5) is 0 Å². The fourth-order valence-electron chi connectivity index (χ4n) is 2.33. The maximum atomic E-state index is 12.5. The van der Waals surface area contributed by atoms with E-state index < -0.39 is 0 Å². The molecule has 1 saturated heterocycles. The van der Waals surface area contributed by atoms with Crippen molar-refractivity contribution in [2.75, 3.05) is 6.61 Å². The van der Waals surface area contributed by atoms with Gasteiger partial charge in [-0.3, -0.25) is 9.69 Å². The maximum absolute atomic E-state index is 12.5. The highest BCUT2D eigenvalue weighted by atomic mass is 32.1. The summed E-state index contributed by atoms with van der Waals surface area (Å²) in [4.78, 5) is 13.9. The van der Waals surface area contributed by atoms with E-state index in [1.807, 2.05) is 6.92 Å². The fourth-order valence-corrected chi connectivity index (χ4v) is 2.59. The van der Waals surface area contributed by atoms with Crippen molar-refractivity contribution in [3.8, 4) is 11.5 Å². The first-order valence-electron chi connectivity index (χ1n) is 7.41. The van der Waals surface area contributed by atoms with Crippen molar-refractivity contribution in [2.45, 2.75) is 13.5 Å². The molecule has 1 aliphatic rings. The number of aromatic hydroxyl groups is 1. The molecule has 2 heterocycles. The van der Waals surface area contributed by atoms with Gasteiger partial charge in [0.1, 0.15) is 11.5 Å². The fraction of sp³-hybridized carbons (Fsp3) is 0.176. The number of hydrogen-bond acceptors (Lipinski definition) is 5. The SMILES string of the molecule is CCOc1cc(C=C2NC(=S)N(Cc3ccco3)C2=O)ccc1O. The van der Waals surface area contributed by atoms with E-state index >= 15 is 0 Å². The molecular formula is C17H16N2O4S. The normalized spacial score (nSPS) is 15.9. The lowest BCUT2D eigenvalue weighted by Gasteiger charge is -2.11. The molecular weight excluding hydrogens is 328 g/mol. The van der Waals surface area contributed by atoms with E-state index in [0.29, 0.717) is 28.9 Å². The molecule has 2 aromatic rings. The monoisotopic (exact) mass is 344 g/mol. The van der Waals surface area contributed by atoms with Crippen molar-refractivity contribution < 1.29 is 19.1 Å². The van der Waals surface area contributed by atoms with Crippen LogP contribution in [-0.4, -0.2) is 27.6 Å². The van der Waals surface area contributed by atoms with Crippen LogP contribution >= 0.6 is 12.2 Å². The molecule has 124 valence electrons. The number of rotatable bonds is 5. The zero-order valence-electron chi connectivity index (χ0n) is 13.0. The Kier molecular flexibility index (Phi) is 4.52. The summed E-state index contributed by atoms with van der Waals surface area (Å²) in [5.41, 5.74) is 1.08. The summed E-state index contributed by atoms with van der Waals surface area (Å²) < 4.78 is 10.6. The molecule has 1 aromatic carbocycles. The highest BCUT2D eigenvalue weighted by Gasteiger charge is 2.31. The van der Waals surface area contributed by atoms with Crippen LogP contribution in [0.3, 0.4) is 0 Å². The summed E-state index contributed by atoms with van der Waals surface area (Å²) >= 11 is 5.22. The lowest BCUT2D eigenvalue weighted by molar-refractivity contribution is -0.122. The zero-order valence-corrected chi connectivity index (χ0v) is 13.8. The van der Waals surface area contributed by atoms with E-state index in [2.05, 4.69) is 5.32 Å². The van der Waals surface area contributed by atoms with Gasteiger partial charge in [-0.25, -0.2) is 0 Å². The van der Waals surface area contributed by atoms with E-state index in [1.54, 1.807) is 36.6 Å². The molecule has 0 unspecified atom stereocenters. The molecule has 0 atom stereocenters. The third-order valence-electron chi connectivity index (χ3n) is 3.45. The summed E-state index contributed by atoms with van der Waals surface area (Å²) in [5, 5.41) is 13.0. The molecule has 1 aliphatic heterocycles. The highest BCUT2D eigenvalue weighted by molar-refractivity contribution is 7.80. The van der Waals surface area contributed by atoms with E-state index in [0.717, 1.165) is 5.56 Å². The smallest absolute Gasteiger partial charge is 0.276 e. The van der Waals surface area contributed by atoms with Gasteiger partial charge in [-0.05, 0) is 55.0 Å². The van der Waals surface area contributed by atoms with Crippen LogP contribution in [0.5, 0.6) is 11.5 Å². The van der Waals surface area contributed by atoms with Crippen molar-refractivity contribution in [2.24, 2.45) is 0 Å². The third-order valence-corrected chi connectivity index (χ3v) is 3.77. The first-order valence-corrected chi connectivity index (χ1v) is 7.82. The Morgan fingerprint density at radius 2 is 2.25 bits per heavy atom. The second kappa shape index (κ2) is 6.76. The Bertz CT molecular complexity index is 799. The molecule has 0 aliphatic carbocycles. The molecule has 1 amide bonds. The van der Waals surface area contributed by atoms with Gasteiger partial charge in [0.2, 0.25) is 0 Å². The summed E-state index contributed by atoms with van der Waals surface area (Å²) in [5.74, 6) is 0.839. The van der Waals surface area contributed by atoms with Crippen molar-refractivity contribution in [3.63, 3.8) is 0 Å². The predicted octanol–water partition coefficient (Wildman–Crippen LogP) is 2.64. The minimum absolute atomic E-state index is 0.0553. The number of carbonyl (C=O) groups is 1. The van der Waals surface area contributed by atoms with Crippen LogP contribution < -0.4 is 10.1 Å². The third kappa shape index (κ3) is 3.26. The lowest BCUT2D eigenvalue weighted by atomic mass is 10.1. The molecule has 7 heteroatoms. The second-order valence-electron chi connectivity index (χ2n) is 5.12. The number of hydrogen-bond donors (Lipinski definition) is 2. The maximum Gasteiger partial charge on any atom is 0.276 e. The Balaban J connectivity index is 1.82. The highest BCUT2D eigenvalue weighted by Crippen LogP contribution is 2.28. The van der Waals surface area contributed by atoms with Crippen molar-refractivity contribution >= 4 is 29.3 Å². The standard InChI is InChI=1S/C17H16N2O4S/c1-2-22-15-9-11(5-6-14(15)20)8-13-16(21)19(17(24)18-13)10-12-4-3-7-23-12/h3-9,20H,2,10H2,1H3,(H,18,24). The zero-order chi connectivity index (χ0) is 17.1. The number of furan rings is 1. The van der Waals surface area contributed by atoms with Crippen LogP contribution in [0.15, 0.2) is 46.7 Å². The molecule has 1 fully saturated rings. The molecule has 24 heavy (non-hydrogen) atoms. The topological polar surface area (TPSA) is 74.9 Å². The van der Waals surface area contributed by atoms with Crippen LogP contribution in [0.25, 0.3) is 6.08 Å². The van der Waals surface area contributed by atoms with Crippen LogP contribution in [0.1, 0.15) is 18.2 Å². The number of carbonyl (C=O) groups excluding carboxylic acids is 1. The Hall–Kier alpha value is -2.80. The Morgan fingerprint density at radius 1 is 1.42 bits per heavy atom. The lowest BCUT2D eigenvalue weighted by Crippen LogP contribution is -2.29. The molecule has 0 bridgehead atoms. The number of thiocarbonyl (C=S) groups is 1. The second-order valence-corrected chi connectivity index (χ2v) is 5.51. The number of amides is 1. The number of nitrogens with zero attached hydrogens (tertiary/aromatic N) is 1. The predicted molar refractivity (Wildman–Crippen MR) is 92.2 cm³/mol. The van der Waals surface area contributed by atoms with E-state index in [9.17, 15) is 9.90 Å². The molecule has 3 rings (SSSR count). The van der Waals surface area contributed by atoms with Gasteiger partial charge in [0.15, 0.2) is 16.6 Å². The number of phenolic OH excluding ortho intramolecular Hbond substituents is 1. The number of ether oxygens (including phenoxy) is 1. The van der Waals surface area contributed by atoms with E-state index in [1.165, 1.54) is 11.0 Å². The summed E-state index contributed by atoms with van der Waals surface area (Å²) in [6.45, 7) is 2.54. The number of nitrogens with one attached hydrogen (secondary N) is 1. The molecule has 6 nitrogen and oxygen atoms in total. The first kappa shape index (κ1) is 16.1.